The molecule has 7 atom stereocenters. The number of pyridine rings is 1. The molecule has 6 aromatic rings. The Morgan fingerprint density at radius 1 is 0.970 bits per heavy atom. The summed E-state index contributed by atoms with van der Waals surface area (Å²) in [4.78, 5) is 44.4. The number of aromatic nitrogens is 5. The van der Waals surface area contributed by atoms with Crippen molar-refractivity contribution in [3.63, 3.8) is 0 Å². The molecular weight excluding hydrogens is 873 g/mol. The van der Waals surface area contributed by atoms with Crippen molar-refractivity contribution in [2.24, 2.45) is 5.92 Å². The third-order valence-electron chi connectivity index (χ3n) is 13.1. The van der Waals surface area contributed by atoms with E-state index in [0.717, 1.165) is 59.0 Å². The van der Waals surface area contributed by atoms with Crippen LogP contribution in [-0.2, 0) is 14.3 Å². The number of nitrogens with two attached hydrogens (primary N) is 1. The van der Waals surface area contributed by atoms with E-state index in [9.17, 15) is 19.8 Å². The zero-order valence-electron chi connectivity index (χ0n) is 38.0. The van der Waals surface area contributed by atoms with Crippen molar-refractivity contribution in [1.82, 2.24) is 35.5 Å². The third-order valence-corrected chi connectivity index (χ3v) is 14.1. The number of hydrogen-bond acceptors (Lipinski definition) is 16. The van der Waals surface area contributed by atoms with Crippen LogP contribution in [-0.4, -0.2) is 116 Å². The minimum Gasteiger partial charge on any atom is -0.507 e. The van der Waals surface area contributed by atoms with E-state index in [1.165, 1.54) is 4.90 Å². The fourth-order valence-electron chi connectivity index (χ4n) is 9.75. The predicted octanol–water partition coefficient (Wildman–Crippen LogP) is 6.07. The number of nitrogens with zero attached hydrogens (tertiary/aromatic N) is 8. The number of carbonyl (C=O) groups is 2. The standard InChI is InChI=1S/C49H56N10O7S/c1-28(45(43-19-29(2)56-66-43)49(63)58-25-37(60)21-41(58)48(62)53-30(3)32-9-11-33(12-10-32)46-31(4)52-27-67-46)26-64-17-18-65-44-20-34(15-16-51-44)59-35-13-14-36(59)24-57(23-35)40-22-39(54-55-47(40)50)38-7-5-6-8-42(38)61/h5-12,15-16,19-20,22,27-28,30,35-37,41,45,60-61H,13-14,17-18,21,23-26H2,1-4H3,(H2,50,55)(H,53,62)/t28-,30+,35?,36?,37-,41+,45-/m1/s1. The molecule has 2 aromatic carbocycles. The molecule has 2 amide bonds. The van der Waals surface area contributed by atoms with Gasteiger partial charge in [-0.15, -0.1) is 21.5 Å². The molecule has 67 heavy (non-hydrogen) atoms. The van der Waals surface area contributed by atoms with Crippen molar-refractivity contribution in [1.29, 1.82) is 0 Å². The second kappa shape index (κ2) is 19.7. The SMILES string of the molecule is Cc1cc([C@H](C(=O)N2C[C@H](O)C[C@H]2C(=O)N[C@@H](C)c2ccc(-c3scnc3C)cc2)[C@H](C)COCCOc2cc(N3C4CCC3CN(c3cc(-c5ccccc5O)nnc3N)C4)ccn2)on1. The molecule has 2 unspecified atom stereocenters. The molecule has 3 saturated heterocycles. The van der Waals surface area contributed by atoms with Crippen LogP contribution in [0.5, 0.6) is 11.6 Å². The number of thiazole rings is 1. The number of phenolic OH excluding ortho intramolecular Hbond substituents is 1. The number of piperazine rings is 1. The van der Waals surface area contributed by atoms with Gasteiger partial charge in [0.15, 0.2) is 5.82 Å². The molecule has 0 radical (unpaired) electrons. The van der Waals surface area contributed by atoms with E-state index in [4.69, 9.17) is 19.7 Å². The Bertz CT molecular complexity index is 2680. The normalized spacial score (nSPS) is 20.5. The van der Waals surface area contributed by atoms with Gasteiger partial charge in [-0.1, -0.05) is 48.5 Å². The molecule has 3 fully saturated rings. The fraction of sp³-hybridized carbons (Fsp3) is 0.408. The molecule has 0 spiro atoms. The third kappa shape index (κ3) is 9.78. The largest absolute Gasteiger partial charge is 0.507 e. The van der Waals surface area contributed by atoms with Crippen LogP contribution < -0.4 is 25.6 Å². The predicted molar refractivity (Wildman–Crippen MR) is 254 cm³/mol. The Balaban J connectivity index is 0.791. The minimum atomic E-state index is -0.874. The lowest BCUT2D eigenvalue weighted by molar-refractivity contribution is -0.141. The van der Waals surface area contributed by atoms with Gasteiger partial charge in [-0.2, -0.15) is 0 Å². The average Bonchev–Trinajstić information content (AvgIpc) is 4.12. The molecule has 5 N–H and O–H groups in total. The zero-order chi connectivity index (χ0) is 46.8. The fourth-order valence-corrected chi connectivity index (χ4v) is 10.6. The number of ether oxygens (including phenoxy) is 2. The molecule has 3 aliphatic rings. The highest BCUT2D eigenvalue weighted by atomic mass is 32.1. The number of phenols is 1. The van der Waals surface area contributed by atoms with Crippen molar-refractivity contribution < 1.29 is 33.8 Å². The Morgan fingerprint density at radius 3 is 2.46 bits per heavy atom. The number of aromatic hydroxyl groups is 1. The summed E-state index contributed by atoms with van der Waals surface area (Å²) in [6, 6.07) is 21.9. The molecular formula is C49H56N10O7S. The number of hydrogen-bond donors (Lipinski definition) is 4. The Morgan fingerprint density at radius 2 is 1.75 bits per heavy atom. The molecule has 18 heteroatoms. The number of fused-ring (bicyclic) bond motifs is 2. The molecule has 350 valence electrons. The minimum absolute atomic E-state index is 0.0149. The molecule has 0 aliphatic carbocycles. The maximum atomic E-state index is 14.5. The highest BCUT2D eigenvalue weighted by Crippen LogP contribution is 2.40. The summed E-state index contributed by atoms with van der Waals surface area (Å²) in [7, 11) is 0. The van der Waals surface area contributed by atoms with Gasteiger partial charge in [0.25, 0.3) is 0 Å². The number of nitrogen functional groups attached to an aromatic ring is 1. The summed E-state index contributed by atoms with van der Waals surface area (Å²) in [6.45, 7) is 9.71. The molecule has 2 bridgehead atoms. The first-order valence-electron chi connectivity index (χ1n) is 22.8. The number of likely N-dealkylation sites (tertiary alicyclic amines) is 1. The van der Waals surface area contributed by atoms with Crippen LogP contribution in [0, 0.1) is 19.8 Å². The number of nitrogens with one attached hydrogen (secondary N) is 1. The van der Waals surface area contributed by atoms with Gasteiger partial charge in [-0.05, 0) is 74.9 Å². The molecule has 4 aromatic heterocycles. The van der Waals surface area contributed by atoms with Crippen molar-refractivity contribution in [3.05, 3.63) is 107 Å². The molecule has 17 nitrogen and oxygen atoms in total. The summed E-state index contributed by atoms with van der Waals surface area (Å²) in [5, 5.41) is 36.9. The van der Waals surface area contributed by atoms with E-state index in [0.29, 0.717) is 34.4 Å². The number of aliphatic hydroxyl groups is 1. The van der Waals surface area contributed by atoms with Crippen LogP contribution in [0.15, 0.2) is 89.0 Å². The monoisotopic (exact) mass is 928 g/mol. The number of carbonyl (C=O) groups excluding carboxylic acids is 2. The number of aryl methyl sites for hydroxylation is 2. The van der Waals surface area contributed by atoms with Gasteiger partial charge in [0.2, 0.25) is 17.7 Å². The first-order valence-corrected chi connectivity index (χ1v) is 23.6. The van der Waals surface area contributed by atoms with Crippen LogP contribution >= 0.6 is 11.3 Å². The summed E-state index contributed by atoms with van der Waals surface area (Å²) in [5.41, 5.74) is 14.8. The van der Waals surface area contributed by atoms with Crippen molar-refractivity contribution in [2.45, 2.75) is 83.1 Å². The highest BCUT2D eigenvalue weighted by Gasteiger charge is 2.45. The van der Waals surface area contributed by atoms with Gasteiger partial charge in [0, 0.05) is 67.7 Å². The Labute approximate surface area is 392 Å². The smallest absolute Gasteiger partial charge is 0.243 e. The second-order valence-corrected chi connectivity index (χ2v) is 18.7. The number of anilines is 3. The summed E-state index contributed by atoms with van der Waals surface area (Å²) >= 11 is 1.58. The van der Waals surface area contributed by atoms with Crippen LogP contribution in [0.3, 0.4) is 0 Å². The number of rotatable bonds is 16. The maximum absolute atomic E-state index is 14.5. The first-order chi connectivity index (χ1) is 32.4. The highest BCUT2D eigenvalue weighted by molar-refractivity contribution is 7.13. The lowest BCUT2D eigenvalue weighted by atomic mass is 9.90. The summed E-state index contributed by atoms with van der Waals surface area (Å²) in [6.07, 6.45) is 3.04. The molecule has 3 aliphatic heterocycles. The number of aliphatic hydroxyl groups excluding tert-OH is 1. The van der Waals surface area contributed by atoms with Crippen LogP contribution in [0.1, 0.15) is 67.8 Å². The van der Waals surface area contributed by atoms with E-state index < -0.39 is 18.1 Å². The van der Waals surface area contributed by atoms with E-state index in [2.05, 4.69) is 40.4 Å². The summed E-state index contributed by atoms with van der Waals surface area (Å²) in [5.74, 6) is -0.546. The Kier molecular flexibility index (Phi) is 13.4. The van der Waals surface area contributed by atoms with Crippen LogP contribution in [0.2, 0.25) is 0 Å². The number of amides is 2. The number of para-hydroxylation sites is 1. The van der Waals surface area contributed by atoms with Gasteiger partial charge in [-0.25, -0.2) is 9.97 Å². The first kappa shape index (κ1) is 45.5. The second-order valence-electron chi connectivity index (χ2n) is 17.8. The van der Waals surface area contributed by atoms with Gasteiger partial charge < -0.3 is 50.0 Å². The number of β-amino-alcohol motifs (C(OH)–C–C–N with tert-alkyl or cyclic N) is 1. The molecule has 7 heterocycles. The quantitative estimate of drug-likeness (QED) is 0.0811. The van der Waals surface area contributed by atoms with Gasteiger partial charge in [0.1, 0.15) is 30.1 Å². The van der Waals surface area contributed by atoms with Gasteiger partial charge in [0.05, 0.1) is 58.5 Å². The van der Waals surface area contributed by atoms with Gasteiger partial charge in [-0.3, -0.25) is 9.59 Å². The lowest BCUT2D eigenvalue weighted by Gasteiger charge is -2.43. The van der Waals surface area contributed by atoms with Crippen molar-refractivity contribution in [2.75, 3.05) is 55.0 Å². The maximum Gasteiger partial charge on any atom is 0.243 e. The van der Waals surface area contributed by atoms with Crippen molar-refractivity contribution in [3.8, 4) is 33.3 Å². The zero-order valence-corrected chi connectivity index (χ0v) is 38.8. The van der Waals surface area contributed by atoms with E-state index in [1.54, 1.807) is 42.7 Å². The Hall–Kier alpha value is -6.63. The topological polar surface area (TPSA) is 218 Å². The van der Waals surface area contributed by atoms with E-state index >= 15 is 0 Å². The number of benzene rings is 2. The summed E-state index contributed by atoms with van der Waals surface area (Å²) < 4.78 is 17.9. The molecule has 9 rings (SSSR count). The average molecular weight is 929 g/mol. The van der Waals surface area contributed by atoms with Gasteiger partial charge >= 0.3 is 0 Å². The van der Waals surface area contributed by atoms with Crippen LogP contribution in [0.4, 0.5) is 17.2 Å². The molecule has 0 saturated carbocycles. The van der Waals surface area contributed by atoms with E-state index in [1.807, 2.05) is 80.9 Å². The van der Waals surface area contributed by atoms with Crippen LogP contribution in [0.25, 0.3) is 21.7 Å². The van der Waals surface area contributed by atoms with Crippen molar-refractivity contribution >= 4 is 40.3 Å². The van der Waals surface area contributed by atoms with E-state index in [-0.39, 0.29) is 74.4 Å². The lowest BCUT2D eigenvalue weighted by Crippen LogP contribution is -2.54.